The van der Waals surface area contributed by atoms with E-state index in [1.807, 2.05) is 0 Å². The summed E-state index contributed by atoms with van der Waals surface area (Å²) in [5.41, 5.74) is 0. The van der Waals surface area contributed by atoms with Gasteiger partial charge in [0.15, 0.2) is 11.9 Å². The molecule has 3 N–H and O–H groups in total. The van der Waals surface area contributed by atoms with Gasteiger partial charge in [-0.15, -0.1) is 0 Å². The fourth-order valence-electron chi connectivity index (χ4n) is 1.27. The van der Waals surface area contributed by atoms with Crippen LogP contribution in [0.1, 0.15) is 19.8 Å². The maximum atomic E-state index is 11.0. The van der Waals surface area contributed by atoms with Gasteiger partial charge in [-0.2, -0.15) is 0 Å². The van der Waals surface area contributed by atoms with E-state index in [1.54, 1.807) is 6.92 Å². The second-order valence-corrected chi connectivity index (χ2v) is 3.56. The number of ether oxygens (including phenoxy) is 2. The van der Waals surface area contributed by atoms with Crippen molar-refractivity contribution >= 4 is 11.9 Å². The Balaban J connectivity index is 2.47. The summed E-state index contributed by atoms with van der Waals surface area (Å²) in [6.07, 6.45) is -1.98. The van der Waals surface area contributed by atoms with Gasteiger partial charge in [0.25, 0.3) is 0 Å². The predicted octanol–water partition coefficient (Wildman–Crippen LogP) is -0.0564. The van der Waals surface area contributed by atoms with Crippen molar-refractivity contribution in [1.29, 1.82) is 0 Å². The number of aliphatic hydroxyl groups excluding tert-OH is 3. The van der Waals surface area contributed by atoms with Gasteiger partial charge in [-0.1, -0.05) is 6.92 Å². The summed E-state index contributed by atoms with van der Waals surface area (Å²) in [5, 5.41) is 27.7. The molecule has 0 amide bonds. The quantitative estimate of drug-likeness (QED) is 0.582. The van der Waals surface area contributed by atoms with Gasteiger partial charge < -0.3 is 24.8 Å². The number of esters is 2. The van der Waals surface area contributed by atoms with Crippen molar-refractivity contribution in [3.05, 3.63) is 11.5 Å². The Morgan fingerprint density at radius 3 is 2.65 bits per heavy atom. The molecule has 1 unspecified atom stereocenters. The number of hydrogen-bond donors (Lipinski definition) is 3. The van der Waals surface area contributed by atoms with E-state index in [9.17, 15) is 19.8 Å². The highest BCUT2D eigenvalue weighted by Gasteiger charge is 2.39. The number of rotatable bonds is 5. The molecule has 1 heterocycles. The minimum atomic E-state index is -1.41. The normalized spacial score (nSPS) is 21.3. The maximum Gasteiger partial charge on any atom is 0.377 e. The Morgan fingerprint density at radius 2 is 2.18 bits per heavy atom. The van der Waals surface area contributed by atoms with E-state index in [-0.39, 0.29) is 6.42 Å². The van der Waals surface area contributed by atoms with Crippen molar-refractivity contribution in [2.75, 3.05) is 6.61 Å². The van der Waals surface area contributed by atoms with Crippen LogP contribution in [0, 0.1) is 0 Å². The highest BCUT2D eigenvalue weighted by atomic mass is 16.6. The summed E-state index contributed by atoms with van der Waals surface area (Å²) < 4.78 is 9.17. The minimum absolute atomic E-state index is 0.213. The second kappa shape index (κ2) is 5.53. The molecule has 0 aromatic carbocycles. The highest BCUT2D eigenvalue weighted by molar-refractivity contribution is 5.89. The monoisotopic (exact) mass is 246 g/mol. The lowest BCUT2D eigenvalue weighted by Crippen LogP contribution is -2.33. The number of aliphatic hydroxyl groups is 3. The summed E-state index contributed by atoms with van der Waals surface area (Å²) in [6.45, 7) is 1.37. The van der Waals surface area contributed by atoms with E-state index < -0.39 is 42.3 Å². The zero-order chi connectivity index (χ0) is 13.0. The zero-order valence-electron chi connectivity index (χ0n) is 9.25. The van der Waals surface area contributed by atoms with E-state index in [0.717, 1.165) is 0 Å². The number of carbonyl (C=O) groups is 2. The molecule has 2 atom stereocenters. The van der Waals surface area contributed by atoms with Gasteiger partial charge in [-0.25, -0.2) is 4.79 Å². The van der Waals surface area contributed by atoms with Crippen LogP contribution in [0.4, 0.5) is 0 Å². The van der Waals surface area contributed by atoms with Crippen molar-refractivity contribution < 1.29 is 34.4 Å². The van der Waals surface area contributed by atoms with Gasteiger partial charge in [-0.05, 0) is 6.42 Å². The predicted molar refractivity (Wildman–Crippen MR) is 54.0 cm³/mol. The third-order valence-electron chi connectivity index (χ3n) is 2.16. The van der Waals surface area contributed by atoms with Gasteiger partial charge in [-0.3, -0.25) is 4.79 Å². The largest absolute Gasteiger partial charge is 0.505 e. The van der Waals surface area contributed by atoms with Crippen molar-refractivity contribution in [2.45, 2.75) is 32.0 Å². The van der Waals surface area contributed by atoms with Crippen LogP contribution in [-0.2, 0) is 19.1 Å². The fourth-order valence-corrected chi connectivity index (χ4v) is 1.27. The Labute approximate surface area is 97.3 Å². The molecule has 0 spiro atoms. The van der Waals surface area contributed by atoms with Crippen LogP contribution in [0.25, 0.3) is 0 Å². The third-order valence-corrected chi connectivity index (χ3v) is 2.16. The van der Waals surface area contributed by atoms with Crippen LogP contribution in [-0.4, -0.2) is 46.1 Å². The van der Waals surface area contributed by atoms with Gasteiger partial charge in [0, 0.05) is 6.42 Å². The minimum Gasteiger partial charge on any atom is -0.505 e. The number of cyclic esters (lactones) is 1. The van der Waals surface area contributed by atoms with E-state index in [0.29, 0.717) is 6.42 Å². The summed E-state index contributed by atoms with van der Waals surface area (Å²) in [6, 6.07) is 0. The summed E-state index contributed by atoms with van der Waals surface area (Å²) in [4.78, 5) is 21.8. The molecule has 0 aromatic heterocycles. The Hall–Kier alpha value is -1.76. The van der Waals surface area contributed by atoms with Crippen molar-refractivity contribution in [1.82, 2.24) is 0 Å². The summed E-state index contributed by atoms with van der Waals surface area (Å²) in [7, 11) is 0. The molecule has 0 aliphatic carbocycles. The molecule has 0 aromatic rings. The molecule has 7 heteroatoms. The van der Waals surface area contributed by atoms with Gasteiger partial charge in [0.1, 0.15) is 12.7 Å². The molecule has 0 fully saturated rings. The Morgan fingerprint density at radius 1 is 1.53 bits per heavy atom. The van der Waals surface area contributed by atoms with Crippen LogP contribution in [0.2, 0.25) is 0 Å². The van der Waals surface area contributed by atoms with E-state index in [2.05, 4.69) is 9.47 Å². The lowest BCUT2D eigenvalue weighted by atomic mass is 10.2. The Kier molecular flexibility index (Phi) is 4.33. The SMILES string of the molecule is CCCC(=O)OCC(O)[C@H]1OC(=O)C(O)=C1O. The number of carbonyl (C=O) groups excluding carboxylic acids is 2. The van der Waals surface area contributed by atoms with Crippen LogP contribution < -0.4 is 0 Å². The topological polar surface area (TPSA) is 113 Å². The first-order chi connectivity index (χ1) is 7.97. The van der Waals surface area contributed by atoms with Crippen LogP contribution >= 0.6 is 0 Å². The first-order valence-electron chi connectivity index (χ1n) is 5.14. The van der Waals surface area contributed by atoms with Crippen molar-refractivity contribution in [3.63, 3.8) is 0 Å². The second-order valence-electron chi connectivity index (χ2n) is 3.56. The van der Waals surface area contributed by atoms with E-state index in [1.165, 1.54) is 0 Å². The molecule has 0 saturated carbocycles. The average molecular weight is 246 g/mol. The van der Waals surface area contributed by atoms with Crippen LogP contribution in [0.3, 0.4) is 0 Å². The Bertz CT molecular complexity index is 347. The molecule has 0 bridgehead atoms. The molecule has 0 saturated heterocycles. The first kappa shape index (κ1) is 13.3. The summed E-state index contributed by atoms with van der Waals surface area (Å²) in [5.74, 6) is -3.31. The number of hydrogen-bond acceptors (Lipinski definition) is 7. The fraction of sp³-hybridized carbons (Fsp3) is 0.600. The molecule has 7 nitrogen and oxygen atoms in total. The average Bonchev–Trinajstić information content (AvgIpc) is 2.54. The van der Waals surface area contributed by atoms with Gasteiger partial charge in [0.05, 0.1) is 0 Å². The van der Waals surface area contributed by atoms with Crippen LogP contribution in [0.5, 0.6) is 0 Å². The molecule has 0 radical (unpaired) electrons. The molecule has 1 aliphatic rings. The molecule has 1 rings (SSSR count). The molecular weight excluding hydrogens is 232 g/mol. The molecule has 1 aliphatic heterocycles. The lowest BCUT2D eigenvalue weighted by Gasteiger charge is -2.16. The molecule has 17 heavy (non-hydrogen) atoms. The van der Waals surface area contributed by atoms with E-state index >= 15 is 0 Å². The summed E-state index contributed by atoms with van der Waals surface area (Å²) >= 11 is 0. The van der Waals surface area contributed by atoms with Crippen molar-refractivity contribution in [2.24, 2.45) is 0 Å². The van der Waals surface area contributed by atoms with Crippen molar-refractivity contribution in [3.8, 4) is 0 Å². The molecule has 96 valence electrons. The molecular formula is C10H14O7. The maximum absolute atomic E-state index is 11.0. The smallest absolute Gasteiger partial charge is 0.377 e. The standard InChI is InChI=1S/C10H14O7/c1-2-3-6(12)16-4-5(11)9-7(13)8(14)10(15)17-9/h5,9,11,13-14H,2-4H2,1H3/t5?,9-/m1/s1. The highest BCUT2D eigenvalue weighted by Crippen LogP contribution is 2.21. The van der Waals surface area contributed by atoms with Crippen LogP contribution in [0.15, 0.2) is 11.5 Å². The third kappa shape index (κ3) is 3.10. The first-order valence-corrected chi connectivity index (χ1v) is 5.14. The van der Waals surface area contributed by atoms with Gasteiger partial charge >= 0.3 is 11.9 Å². The zero-order valence-corrected chi connectivity index (χ0v) is 9.25. The van der Waals surface area contributed by atoms with E-state index in [4.69, 9.17) is 5.11 Å². The van der Waals surface area contributed by atoms with Gasteiger partial charge in [0.2, 0.25) is 5.76 Å². The lowest BCUT2D eigenvalue weighted by molar-refractivity contribution is -0.154.